The van der Waals surface area contributed by atoms with E-state index in [0.29, 0.717) is 0 Å². The predicted molar refractivity (Wildman–Crippen MR) is 51.2 cm³/mol. The van der Waals surface area contributed by atoms with Crippen LogP contribution in [0.25, 0.3) is 0 Å². The number of ether oxygens (including phenoxy) is 1. The number of hydrogen-bond acceptors (Lipinski definition) is 3. The Morgan fingerprint density at radius 3 is 2.41 bits per heavy atom. The Kier molecular flexibility index (Phi) is 3.27. The first kappa shape index (κ1) is 12.8. The van der Waals surface area contributed by atoms with Gasteiger partial charge in [-0.1, -0.05) is 0 Å². The van der Waals surface area contributed by atoms with Crippen molar-refractivity contribution >= 4 is 5.91 Å². The summed E-state index contributed by atoms with van der Waals surface area (Å²) in [6, 6.07) is 3.29. The van der Waals surface area contributed by atoms with E-state index < -0.39 is 34.5 Å². The third-order valence-corrected chi connectivity index (χ3v) is 2.03. The number of benzene rings is 1. The van der Waals surface area contributed by atoms with E-state index in [1.54, 1.807) is 0 Å². The van der Waals surface area contributed by atoms with Crippen molar-refractivity contribution in [3.05, 3.63) is 28.8 Å². The van der Waals surface area contributed by atoms with Crippen LogP contribution in [0.15, 0.2) is 12.1 Å². The SMILES string of the molecule is COc1c(C(N)=O)ccc(C#N)c1C(F)(F)F. The van der Waals surface area contributed by atoms with E-state index in [0.717, 1.165) is 19.2 Å². The molecule has 90 valence electrons. The Hall–Kier alpha value is -2.23. The molecule has 1 aromatic carbocycles. The molecule has 2 N–H and O–H groups in total. The van der Waals surface area contributed by atoms with Crippen LogP contribution in [-0.2, 0) is 6.18 Å². The Bertz CT molecular complexity index is 503. The predicted octanol–water partition coefficient (Wildman–Crippen LogP) is 1.68. The molecule has 0 aromatic heterocycles. The minimum absolute atomic E-state index is 0.418. The summed E-state index contributed by atoms with van der Waals surface area (Å²) in [6.07, 6.45) is -4.80. The van der Waals surface area contributed by atoms with Crippen LogP contribution < -0.4 is 10.5 Å². The van der Waals surface area contributed by atoms with Crippen molar-refractivity contribution < 1.29 is 22.7 Å². The standard InChI is InChI=1S/C10H7F3N2O2/c1-17-8-6(9(15)16)3-2-5(4-14)7(8)10(11,12)13/h2-3H,1H3,(H2,15,16). The van der Waals surface area contributed by atoms with Gasteiger partial charge in [-0.05, 0) is 12.1 Å². The monoisotopic (exact) mass is 244 g/mol. The number of carbonyl (C=O) groups is 1. The van der Waals surface area contributed by atoms with E-state index in [4.69, 9.17) is 11.0 Å². The van der Waals surface area contributed by atoms with Crippen LogP contribution in [0.3, 0.4) is 0 Å². The van der Waals surface area contributed by atoms with E-state index in [-0.39, 0.29) is 0 Å². The van der Waals surface area contributed by atoms with Gasteiger partial charge < -0.3 is 10.5 Å². The van der Waals surface area contributed by atoms with Crippen molar-refractivity contribution in [3.8, 4) is 11.8 Å². The second kappa shape index (κ2) is 4.33. The lowest BCUT2D eigenvalue weighted by Gasteiger charge is -2.15. The third-order valence-electron chi connectivity index (χ3n) is 2.03. The number of amides is 1. The molecule has 7 heteroatoms. The Labute approximate surface area is 94.4 Å². The molecular weight excluding hydrogens is 237 g/mol. The Morgan fingerprint density at radius 2 is 2.06 bits per heavy atom. The fraction of sp³-hybridized carbons (Fsp3) is 0.200. The zero-order chi connectivity index (χ0) is 13.2. The molecule has 0 fully saturated rings. The fourth-order valence-corrected chi connectivity index (χ4v) is 1.36. The summed E-state index contributed by atoms with van der Waals surface area (Å²) in [5.74, 6) is -1.79. The molecule has 1 aromatic rings. The smallest absolute Gasteiger partial charge is 0.421 e. The van der Waals surface area contributed by atoms with Crippen molar-refractivity contribution in [1.82, 2.24) is 0 Å². The Morgan fingerprint density at radius 1 is 1.47 bits per heavy atom. The number of nitrogens with two attached hydrogens (primary N) is 1. The maximum absolute atomic E-state index is 12.7. The van der Waals surface area contributed by atoms with Crippen LogP contribution in [0.5, 0.6) is 5.75 Å². The van der Waals surface area contributed by atoms with E-state index in [9.17, 15) is 18.0 Å². The molecular formula is C10H7F3N2O2. The topological polar surface area (TPSA) is 76.1 Å². The summed E-state index contributed by atoms with van der Waals surface area (Å²) in [6.45, 7) is 0. The van der Waals surface area contributed by atoms with E-state index >= 15 is 0 Å². The number of hydrogen-bond donors (Lipinski definition) is 1. The normalized spacial score (nSPS) is 10.8. The highest BCUT2D eigenvalue weighted by Crippen LogP contribution is 2.40. The van der Waals surface area contributed by atoms with Gasteiger partial charge in [0.05, 0.1) is 24.3 Å². The van der Waals surface area contributed by atoms with Crippen molar-refractivity contribution in [1.29, 1.82) is 5.26 Å². The molecule has 0 atom stereocenters. The van der Waals surface area contributed by atoms with Crippen molar-refractivity contribution in [2.45, 2.75) is 6.18 Å². The lowest BCUT2D eigenvalue weighted by atomic mass is 10.0. The lowest BCUT2D eigenvalue weighted by Crippen LogP contribution is -2.17. The second-order valence-electron chi connectivity index (χ2n) is 3.04. The Balaban J connectivity index is 3.68. The lowest BCUT2D eigenvalue weighted by molar-refractivity contribution is -0.139. The molecule has 0 aliphatic heterocycles. The average Bonchev–Trinajstić information content (AvgIpc) is 2.25. The average molecular weight is 244 g/mol. The maximum Gasteiger partial charge on any atom is 0.421 e. The molecule has 1 rings (SSSR count). The van der Waals surface area contributed by atoms with Gasteiger partial charge in [-0.15, -0.1) is 0 Å². The van der Waals surface area contributed by atoms with Crippen LogP contribution in [0.1, 0.15) is 21.5 Å². The highest BCUT2D eigenvalue weighted by molar-refractivity contribution is 5.96. The van der Waals surface area contributed by atoms with Crippen LogP contribution in [0.2, 0.25) is 0 Å². The molecule has 0 aliphatic rings. The third kappa shape index (κ3) is 2.30. The number of halogens is 3. The van der Waals surface area contributed by atoms with E-state index in [1.165, 1.54) is 6.07 Å². The van der Waals surface area contributed by atoms with Gasteiger partial charge in [0.2, 0.25) is 0 Å². The van der Waals surface area contributed by atoms with Gasteiger partial charge in [0.25, 0.3) is 5.91 Å². The molecule has 0 spiro atoms. The van der Waals surface area contributed by atoms with Gasteiger partial charge in [0.1, 0.15) is 11.3 Å². The van der Waals surface area contributed by atoms with Crippen molar-refractivity contribution in [2.75, 3.05) is 7.11 Å². The van der Waals surface area contributed by atoms with Gasteiger partial charge in [-0.2, -0.15) is 18.4 Å². The number of methoxy groups -OCH3 is 1. The first-order valence-electron chi connectivity index (χ1n) is 4.31. The van der Waals surface area contributed by atoms with E-state index in [1.807, 2.05) is 0 Å². The minimum Gasteiger partial charge on any atom is -0.495 e. The van der Waals surface area contributed by atoms with Crippen LogP contribution >= 0.6 is 0 Å². The molecule has 0 bridgehead atoms. The number of alkyl halides is 3. The maximum atomic E-state index is 12.7. The molecule has 4 nitrogen and oxygen atoms in total. The summed E-state index contributed by atoms with van der Waals surface area (Å²) in [5.41, 5.74) is 2.59. The van der Waals surface area contributed by atoms with Gasteiger partial charge >= 0.3 is 6.18 Å². The molecule has 17 heavy (non-hydrogen) atoms. The highest BCUT2D eigenvalue weighted by Gasteiger charge is 2.39. The molecule has 1 amide bonds. The molecule has 0 aliphatic carbocycles. The van der Waals surface area contributed by atoms with Gasteiger partial charge in [0, 0.05) is 0 Å². The second-order valence-corrected chi connectivity index (χ2v) is 3.04. The zero-order valence-electron chi connectivity index (χ0n) is 8.63. The van der Waals surface area contributed by atoms with Crippen molar-refractivity contribution in [3.63, 3.8) is 0 Å². The molecule has 0 unspecified atom stereocenters. The summed E-state index contributed by atoms with van der Waals surface area (Å²) in [7, 11) is 0.970. The first-order valence-corrected chi connectivity index (χ1v) is 4.31. The van der Waals surface area contributed by atoms with Crippen molar-refractivity contribution in [2.24, 2.45) is 5.73 Å². The summed E-state index contributed by atoms with van der Waals surface area (Å²) in [5, 5.41) is 8.61. The molecule has 0 saturated carbocycles. The van der Waals surface area contributed by atoms with Gasteiger partial charge in [-0.3, -0.25) is 4.79 Å². The number of carbonyl (C=O) groups excluding carboxylic acids is 1. The molecule has 0 saturated heterocycles. The fourth-order valence-electron chi connectivity index (χ4n) is 1.36. The quantitative estimate of drug-likeness (QED) is 0.859. The van der Waals surface area contributed by atoms with Gasteiger partial charge in [0.15, 0.2) is 0 Å². The summed E-state index contributed by atoms with van der Waals surface area (Å²) in [4.78, 5) is 11.0. The zero-order valence-corrected chi connectivity index (χ0v) is 8.63. The number of nitrogens with zero attached hydrogens (tertiary/aromatic N) is 1. The first-order chi connectivity index (χ1) is 7.82. The molecule has 0 radical (unpaired) electrons. The number of nitriles is 1. The van der Waals surface area contributed by atoms with Crippen LogP contribution in [0.4, 0.5) is 13.2 Å². The number of rotatable bonds is 2. The minimum atomic E-state index is -4.80. The summed E-state index contributed by atoms with van der Waals surface area (Å²) < 4.78 is 42.8. The molecule has 0 heterocycles. The number of primary amides is 1. The van der Waals surface area contributed by atoms with Crippen LogP contribution in [-0.4, -0.2) is 13.0 Å². The van der Waals surface area contributed by atoms with E-state index in [2.05, 4.69) is 4.74 Å². The van der Waals surface area contributed by atoms with Crippen LogP contribution in [0, 0.1) is 11.3 Å². The largest absolute Gasteiger partial charge is 0.495 e. The highest BCUT2D eigenvalue weighted by atomic mass is 19.4. The summed E-state index contributed by atoms with van der Waals surface area (Å²) >= 11 is 0. The van der Waals surface area contributed by atoms with Gasteiger partial charge in [-0.25, -0.2) is 0 Å².